The number of amides is 1. The molecule has 1 aromatic carbocycles. The Morgan fingerprint density at radius 2 is 2.20 bits per heavy atom. The monoisotopic (exact) mass is 268 g/mol. The van der Waals surface area contributed by atoms with E-state index in [0.29, 0.717) is 0 Å². The Kier molecular flexibility index (Phi) is 2.80. The summed E-state index contributed by atoms with van der Waals surface area (Å²) in [5.74, 6) is 5.15. The van der Waals surface area contributed by atoms with Crippen LogP contribution in [0.2, 0.25) is 0 Å². The second kappa shape index (κ2) is 3.94. The molecule has 0 heterocycles. The molecule has 1 aromatic rings. The van der Waals surface area contributed by atoms with Crippen molar-refractivity contribution in [2.24, 2.45) is 5.84 Å². The Morgan fingerprint density at radius 3 is 2.67 bits per heavy atom. The average molecular weight is 269 g/mol. The zero-order chi connectivity index (χ0) is 10.9. The van der Waals surface area contributed by atoms with Gasteiger partial charge >= 0.3 is 0 Å². The van der Waals surface area contributed by atoms with E-state index in [2.05, 4.69) is 21.4 Å². The Bertz CT molecular complexity index is 388. The molecule has 3 N–H and O–H groups in total. The van der Waals surface area contributed by atoms with E-state index in [1.165, 1.54) is 0 Å². The highest BCUT2D eigenvalue weighted by molar-refractivity contribution is 9.10. The van der Waals surface area contributed by atoms with Crippen LogP contribution in [-0.2, 0) is 10.2 Å². The molecule has 1 saturated carbocycles. The summed E-state index contributed by atoms with van der Waals surface area (Å²) in [6.45, 7) is 0. The van der Waals surface area contributed by atoms with Crippen molar-refractivity contribution in [1.82, 2.24) is 5.43 Å². The van der Waals surface area contributed by atoms with E-state index in [4.69, 9.17) is 5.84 Å². The molecule has 0 spiro atoms. The third kappa shape index (κ3) is 1.68. The van der Waals surface area contributed by atoms with Gasteiger partial charge in [0.25, 0.3) is 0 Å². The standard InChI is InChI=1S/C11H13BrN2O/c12-9-4-1-3-8(7-9)11(5-2-6-11)10(15)14-13/h1,3-4,7H,2,5-6,13H2,(H,14,15). The van der Waals surface area contributed by atoms with Crippen LogP contribution in [0.3, 0.4) is 0 Å². The summed E-state index contributed by atoms with van der Waals surface area (Å²) in [6.07, 6.45) is 2.85. The van der Waals surface area contributed by atoms with Gasteiger partial charge in [-0.2, -0.15) is 0 Å². The highest BCUT2D eigenvalue weighted by atomic mass is 79.9. The van der Waals surface area contributed by atoms with Gasteiger partial charge in [0, 0.05) is 4.47 Å². The van der Waals surface area contributed by atoms with Crippen LogP contribution in [0.1, 0.15) is 24.8 Å². The molecule has 1 aliphatic carbocycles. The normalized spacial score (nSPS) is 18.0. The lowest BCUT2D eigenvalue weighted by molar-refractivity contribution is -0.130. The SMILES string of the molecule is NNC(=O)C1(c2cccc(Br)c2)CCC1. The van der Waals surface area contributed by atoms with Gasteiger partial charge in [-0.25, -0.2) is 5.84 Å². The van der Waals surface area contributed by atoms with Crippen LogP contribution in [0.15, 0.2) is 28.7 Å². The van der Waals surface area contributed by atoms with Crippen LogP contribution in [0.25, 0.3) is 0 Å². The molecule has 0 atom stereocenters. The van der Waals surface area contributed by atoms with Crippen molar-refractivity contribution in [2.75, 3.05) is 0 Å². The van der Waals surface area contributed by atoms with Gasteiger partial charge in [-0.15, -0.1) is 0 Å². The smallest absolute Gasteiger partial charge is 0.244 e. The molecule has 0 aromatic heterocycles. The fraction of sp³-hybridized carbons (Fsp3) is 0.364. The summed E-state index contributed by atoms with van der Waals surface area (Å²) >= 11 is 3.42. The zero-order valence-electron chi connectivity index (χ0n) is 8.29. The lowest BCUT2D eigenvalue weighted by Crippen LogP contribution is -2.51. The van der Waals surface area contributed by atoms with Gasteiger partial charge in [0.2, 0.25) is 5.91 Å². The second-order valence-electron chi connectivity index (χ2n) is 3.92. The van der Waals surface area contributed by atoms with Crippen molar-refractivity contribution in [3.8, 4) is 0 Å². The Balaban J connectivity index is 2.38. The zero-order valence-corrected chi connectivity index (χ0v) is 9.88. The third-order valence-corrected chi connectivity index (χ3v) is 3.64. The fourth-order valence-corrected chi connectivity index (χ4v) is 2.50. The molecule has 1 fully saturated rings. The lowest BCUT2D eigenvalue weighted by atomic mass is 9.64. The number of benzene rings is 1. The molecule has 0 bridgehead atoms. The minimum Gasteiger partial charge on any atom is -0.293 e. The molecule has 0 unspecified atom stereocenters. The maximum Gasteiger partial charge on any atom is 0.244 e. The molecular formula is C11H13BrN2O. The quantitative estimate of drug-likeness (QED) is 0.489. The molecule has 15 heavy (non-hydrogen) atoms. The first kappa shape index (κ1) is 10.6. The minimum atomic E-state index is -0.390. The molecule has 0 radical (unpaired) electrons. The van der Waals surface area contributed by atoms with E-state index in [1.54, 1.807) is 0 Å². The topological polar surface area (TPSA) is 55.1 Å². The van der Waals surface area contributed by atoms with Crippen LogP contribution in [-0.4, -0.2) is 5.91 Å². The number of hydrogen-bond acceptors (Lipinski definition) is 2. The van der Waals surface area contributed by atoms with Crippen LogP contribution in [0.5, 0.6) is 0 Å². The van der Waals surface area contributed by atoms with E-state index in [0.717, 1.165) is 29.3 Å². The van der Waals surface area contributed by atoms with Gasteiger partial charge in [0.15, 0.2) is 0 Å². The summed E-state index contributed by atoms with van der Waals surface area (Å²) in [4.78, 5) is 11.8. The Hall–Kier alpha value is -0.870. The number of hydrogen-bond donors (Lipinski definition) is 2. The summed E-state index contributed by atoms with van der Waals surface area (Å²) in [7, 11) is 0. The minimum absolute atomic E-state index is 0.0770. The van der Waals surface area contributed by atoms with Gasteiger partial charge in [-0.3, -0.25) is 10.2 Å². The molecule has 1 aliphatic rings. The first-order chi connectivity index (χ1) is 7.19. The number of nitrogens with two attached hydrogens (primary N) is 1. The van der Waals surface area contributed by atoms with Crippen molar-refractivity contribution in [2.45, 2.75) is 24.7 Å². The average Bonchev–Trinajstić information content (AvgIpc) is 2.16. The van der Waals surface area contributed by atoms with Crippen molar-refractivity contribution in [3.05, 3.63) is 34.3 Å². The van der Waals surface area contributed by atoms with E-state index in [1.807, 2.05) is 24.3 Å². The molecule has 0 saturated heterocycles. The number of hydrazine groups is 1. The van der Waals surface area contributed by atoms with E-state index >= 15 is 0 Å². The summed E-state index contributed by atoms with van der Waals surface area (Å²) in [5, 5.41) is 0. The molecule has 80 valence electrons. The van der Waals surface area contributed by atoms with Crippen LogP contribution < -0.4 is 11.3 Å². The third-order valence-electron chi connectivity index (χ3n) is 3.15. The van der Waals surface area contributed by atoms with Gasteiger partial charge in [-0.05, 0) is 30.5 Å². The Labute approximate surface area is 97.1 Å². The van der Waals surface area contributed by atoms with Gasteiger partial charge in [0.1, 0.15) is 0 Å². The summed E-state index contributed by atoms with van der Waals surface area (Å²) < 4.78 is 0.996. The molecule has 3 nitrogen and oxygen atoms in total. The number of carbonyl (C=O) groups excluding carboxylic acids is 1. The van der Waals surface area contributed by atoms with Crippen molar-refractivity contribution < 1.29 is 4.79 Å². The number of rotatable bonds is 2. The summed E-state index contributed by atoms with van der Waals surface area (Å²) in [5.41, 5.74) is 2.93. The van der Waals surface area contributed by atoms with Crippen LogP contribution in [0.4, 0.5) is 0 Å². The maximum atomic E-state index is 11.8. The predicted octanol–water partition coefficient (Wildman–Crippen LogP) is 1.86. The molecule has 1 amide bonds. The number of halogens is 1. The van der Waals surface area contributed by atoms with Gasteiger partial charge < -0.3 is 0 Å². The van der Waals surface area contributed by atoms with E-state index in [9.17, 15) is 4.79 Å². The lowest BCUT2D eigenvalue weighted by Gasteiger charge is -2.40. The molecular weight excluding hydrogens is 256 g/mol. The first-order valence-corrected chi connectivity index (χ1v) is 5.75. The van der Waals surface area contributed by atoms with Crippen molar-refractivity contribution in [1.29, 1.82) is 0 Å². The highest BCUT2D eigenvalue weighted by Gasteiger charge is 2.45. The first-order valence-electron chi connectivity index (χ1n) is 4.96. The number of carbonyl (C=O) groups is 1. The summed E-state index contributed by atoms with van der Waals surface area (Å²) in [6, 6.07) is 7.88. The molecule has 2 rings (SSSR count). The predicted molar refractivity (Wildman–Crippen MR) is 62.0 cm³/mol. The Morgan fingerprint density at radius 1 is 1.47 bits per heavy atom. The van der Waals surface area contributed by atoms with E-state index in [-0.39, 0.29) is 5.91 Å². The van der Waals surface area contributed by atoms with Crippen LogP contribution >= 0.6 is 15.9 Å². The highest BCUT2D eigenvalue weighted by Crippen LogP contribution is 2.44. The molecule has 4 heteroatoms. The number of nitrogens with one attached hydrogen (secondary N) is 1. The van der Waals surface area contributed by atoms with Crippen LogP contribution in [0, 0.1) is 0 Å². The van der Waals surface area contributed by atoms with E-state index < -0.39 is 5.41 Å². The largest absolute Gasteiger partial charge is 0.293 e. The fourth-order valence-electron chi connectivity index (χ4n) is 2.10. The van der Waals surface area contributed by atoms with Crippen molar-refractivity contribution >= 4 is 21.8 Å². The maximum absolute atomic E-state index is 11.8. The van der Waals surface area contributed by atoms with Gasteiger partial charge in [-0.1, -0.05) is 34.5 Å². The van der Waals surface area contributed by atoms with Gasteiger partial charge in [0.05, 0.1) is 5.41 Å². The molecule has 0 aliphatic heterocycles. The van der Waals surface area contributed by atoms with Crippen molar-refractivity contribution in [3.63, 3.8) is 0 Å². The second-order valence-corrected chi connectivity index (χ2v) is 4.84.